The molecule has 2 heterocycles. The van der Waals surface area contributed by atoms with Crippen molar-refractivity contribution in [3.63, 3.8) is 0 Å². The zero-order valence-electron chi connectivity index (χ0n) is 14.9. The molecular weight excluding hydrogens is 330 g/mol. The topological polar surface area (TPSA) is 56.7 Å². The van der Waals surface area contributed by atoms with Crippen LogP contribution in [0.25, 0.3) is 10.8 Å². The Bertz CT molecular complexity index is 916. The summed E-state index contributed by atoms with van der Waals surface area (Å²) in [6.07, 6.45) is 1.53. The molecule has 0 unspecified atom stereocenters. The molecule has 1 fully saturated rings. The zero-order chi connectivity index (χ0) is 17.9. The third kappa shape index (κ3) is 3.28. The molecule has 4 rings (SSSR count). The van der Waals surface area contributed by atoms with Gasteiger partial charge in [-0.1, -0.05) is 18.2 Å². The van der Waals surface area contributed by atoms with Gasteiger partial charge in [0.05, 0.1) is 20.8 Å². The summed E-state index contributed by atoms with van der Waals surface area (Å²) in [5.41, 5.74) is 1.16. The summed E-state index contributed by atoms with van der Waals surface area (Å²) < 4.78 is 16.5. The van der Waals surface area contributed by atoms with Crippen LogP contribution in [0.3, 0.4) is 0 Å². The highest BCUT2D eigenvalue weighted by Crippen LogP contribution is 2.29. The van der Waals surface area contributed by atoms with Crippen molar-refractivity contribution in [3.8, 4) is 11.6 Å². The average Bonchev–Trinajstić information content (AvgIpc) is 2.73. The average molecular weight is 351 g/mol. The number of fused-ring (bicyclic) bond motifs is 1. The Morgan fingerprint density at radius 1 is 1.00 bits per heavy atom. The molecule has 1 saturated heterocycles. The van der Waals surface area contributed by atoms with Crippen LogP contribution >= 0.6 is 0 Å². The van der Waals surface area contributed by atoms with E-state index in [1.807, 2.05) is 18.2 Å². The molecule has 1 aliphatic heterocycles. The number of hydrogen-bond donors (Lipinski definition) is 0. The van der Waals surface area contributed by atoms with Crippen molar-refractivity contribution < 1.29 is 14.2 Å². The lowest BCUT2D eigenvalue weighted by molar-refractivity contribution is 0.0396. The van der Waals surface area contributed by atoms with Gasteiger partial charge in [-0.2, -0.15) is 0 Å². The van der Waals surface area contributed by atoms with E-state index in [0.717, 1.165) is 35.6 Å². The molecule has 6 nitrogen and oxygen atoms in total. The lowest BCUT2D eigenvalue weighted by atomic mass is 10.0. The molecule has 1 aromatic heterocycles. The molecule has 0 N–H and O–H groups in total. The fraction of sp³-hybridized carbons (Fsp3) is 0.300. The summed E-state index contributed by atoms with van der Waals surface area (Å²) >= 11 is 0. The van der Waals surface area contributed by atoms with Crippen LogP contribution in [0.4, 0.5) is 5.82 Å². The number of hydrogen-bond acceptors (Lipinski definition) is 6. The molecule has 0 aliphatic carbocycles. The minimum atomic E-state index is -0.00351. The standard InChI is InChI=1S/C20H21N3O3/c1-24-17-6-5-14-9-16(4-3-15(14)10-17)18-12-23(7-8-26-18)19-11-20(25-2)22-13-21-19/h3-6,9-11,13,18H,7-8,12H2,1-2H3/t18-/m0/s1. The largest absolute Gasteiger partial charge is 0.497 e. The fourth-order valence-corrected chi connectivity index (χ4v) is 3.24. The second-order valence-electron chi connectivity index (χ2n) is 6.20. The SMILES string of the molecule is COc1ccc2cc([C@@H]3CN(c4cc(OC)ncn4)CCO3)ccc2c1. The smallest absolute Gasteiger partial charge is 0.218 e. The molecule has 1 aliphatic rings. The lowest BCUT2D eigenvalue weighted by Gasteiger charge is -2.34. The van der Waals surface area contributed by atoms with Crippen molar-refractivity contribution in [2.24, 2.45) is 0 Å². The van der Waals surface area contributed by atoms with Crippen molar-refractivity contribution in [1.29, 1.82) is 0 Å². The molecule has 0 amide bonds. The van der Waals surface area contributed by atoms with Crippen LogP contribution in [0.1, 0.15) is 11.7 Å². The van der Waals surface area contributed by atoms with E-state index in [1.54, 1.807) is 14.2 Å². The normalized spacial score (nSPS) is 17.3. The number of rotatable bonds is 4. The highest BCUT2D eigenvalue weighted by molar-refractivity contribution is 5.84. The summed E-state index contributed by atoms with van der Waals surface area (Å²) in [4.78, 5) is 10.7. The molecule has 3 aromatic rings. The number of ether oxygens (including phenoxy) is 3. The van der Waals surface area contributed by atoms with E-state index in [2.05, 4.69) is 39.1 Å². The van der Waals surface area contributed by atoms with Gasteiger partial charge in [-0.25, -0.2) is 9.97 Å². The maximum atomic E-state index is 6.03. The van der Waals surface area contributed by atoms with E-state index < -0.39 is 0 Å². The molecule has 2 aromatic carbocycles. The summed E-state index contributed by atoms with van der Waals surface area (Å²) in [6.45, 7) is 2.18. The van der Waals surface area contributed by atoms with Gasteiger partial charge in [0.1, 0.15) is 24.0 Å². The first-order valence-corrected chi connectivity index (χ1v) is 8.57. The Morgan fingerprint density at radius 2 is 1.85 bits per heavy atom. The van der Waals surface area contributed by atoms with Crippen LogP contribution in [0, 0.1) is 0 Å². The predicted molar refractivity (Wildman–Crippen MR) is 100.0 cm³/mol. The first kappa shape index (κ1) is 16.6. The van der Waals surface area contributed by atoms with Crippen molar-refractivity contribution in [1.82, 2.24) is 9.97 Å². The number of morpholine rings is 1. The van der Waals surface area contributed by atoms with Gasteiger partial charge in [0.25, 0.3) is 0 Å². The van der Waals surface area contributed by atoms with Gasteiger partial charge in [0.2, 0.25) is 5.88 Å². The van der Waals surface area contributed by atoms with E-state index in [-0.39, 0.29) is 6.10 Å². The van der Waals surface area contributed by atoms with Gasteiger partial charge in [0.15, 0.2) is 0 Å². The van der Waals surface area contributed by atoms with Gasteiger partial charge in [0, 0.05) is 19.2 Å². The van der Waals surface area contributed by atoms with Gasteiger partial charge in [-0.3, -0.25) is 0 Å². The Balaban J connectivity index is 1.58. The van der Waals surface area contributed by atoms with Crippen molar-refractivity contribution in [2.45, 2.75) is 6.10 Å². The second-order valence-corrected chi connectivity index (χ2v) is 6.20. The van der Waals surface area contributed by atoms with Crippen molar-refractivity contribution >= 4 is 16.6 Å². The summed E-state index contributed by atoms with van der Waals surface area (Å²) in [7, 11) is 3.29. The van der Waals surface area contributed by atoms with Crippen LogP contribution < -0.4 is 14.4 Å². The Kier molecular flexibility index (Phi) is 4.58. The van der Waals surface area contributed by atoms with E-state index in [0.29, 0.717) is 12.5 Å². The summed E-state index contributed by atoms with van der Waals surface area (Å²) in [5, 5.41) is 2.33. The van der Waals surface area contributed by atoms with Crippen LogP contribution in [0.2, 0.25) is 0 Å². The van der Waals surface area contributed by atoms with E-state index in [4.69, 9.17) is 14.2 Å². The third-order valence-corrected chi connectivity index (χ3v) is 4.67. The van der Waals surface area contributed by atoms with E-state index in [9.17, 15) is 0 Å². The van der Waals surface area contributed by atoms with Gasteiger partial charge < -0.3 is 19.1 Å². The molecule has 26 heavy (non-hydrogen) atoms. The Hall–Kier alpha value is -2.86. The molecular formula is C20H21N3O3. The number of aromatic nitrogens is 2. The molecule has 0 bridgehead atoms. The molecule has 0 spiro atoms. The lowest BCUT2D eigenvalue weighted by Crippen LogP contribution is -2.38. The number of anilines is 1. The second kappa shape index (κ2) is 7.17. The predicted octanol–water partition coefficient (Wildman–Crippen LogP) is 3.22. The van der Waals surface area contributed by atoms with Crippen molar-refractivity contribution in [3.05, 3.63) is 54.4 Å². The zero-order valence-corrected chi connectivity index (χ0v) is 14.9. The highest BCUT2D eigenvalue weighted by Gasteiger charge is 2.23. The number of benzene rings is 2. The first-order valence-electron chi connectivity index (χ1n) is 8.57. The quantitative estimate of drug-likeness (QED) is 0.719. The van der Waals surface area contributed by atoms with Gasteiger partial charge >= 0.3 is 0 Å². The monoisotopic (exact) mass is 351 g/mol. The van der Waals surface area contributed by atoms with Crippen LogP contribution in [0.15, 0.2) is 48.8 Å². The minimum Gasteiger partial charge on any atom is -0.497 e. The molecule has 0 radical (unpaired) electrons. The Labute approximate surface area is 152 Å². The Morgan fingerprint density at radius 3 is 2.69 bits per heavy atom. The summed E-state index contributed by atoms with van der Waals surface area (Å²) in [5.74, 6) is 2.29. The summed E-state index contributed by atoms with van der Waals surface area (Å²) in [6, 6.07) is 14.4. The molecule has 0 saturated carbocycles. The van der Waals surface area contributed by atoms with E-state index >= 15 is 0 Å². The molecule has 134 valence electrons. The highest BCUT2D eigenvalue weighted by atomic mass is 16.5. The van der Waals surface area contributed by atoms with E-state index in [1.165, 1.54) is 11.7 Å². The maximum Gasteiger partial charge on any atom is 0.218 e. The van der Waals surface area contributed by atoms with Crippen LogP contribution in [-0.4, -0.2) is 43.9 Å². The van der Waals surface area contributed by atoms with Crippen LogP contribution in [-0.2, 0) is 4.74 Å². The maximum absolute atomic E-state index is 6.03. The van der Waals surface area contributed by atoms with Crippen molar-refractivity contribution in [2.75, 3.05) is 38.8 Å². The third-order valence-electron chi connectivity index (χ3n) is 4.67. The fourth-order valence-electron chi connectivity index (χ4n) is 3.24. The minimum absolute atomic E-state index is 0.00351. The van der Waals surface area contributed by atoms with Crippen LogP contribution in [0.5, 0.6) is 11.6 Å². The molecule has 6 heteroatoms. The number of methoxy groups -OCH3 is 2. The van der Waals surface area contributed by atoms with Gasteiger partial charge in [-0.15, -0.1) is 0 Å². The molecule has 1 atom stereocenters. The number of nitrogens with zero attached hydrogens (tertiary/aromatic N) is 3. The van der Waals surface area contributed by atoms with Gasteiger partial charge in [-0.05, 0) is 34.5 Å². The first-order chi connectivity index (χ1) is 12.8.